The number of rotatable bonds is 5. The van der Waals surface area contributed by atoms with Crippen LogP contribution in [-0.4, -0.2) is 63.3 Å². The molecule has 6 rings (SSSR count). The van der Waals surface area contributed by atoms with Gasteiger partial charge in [0.05, 0.1) is 23.2 Å². The summed E-state index contributed by atoms with van der Waals surface area (Å²) in [5.41, 5.74) is 1.77. The van der Waals surface area contributed by atoms with Gasteiger partial charge in [0, 0.05) is 37.9 Å². The molecule has 4 aromatic rings. The summed E-state index contributed by atoms with van der Waals surface area (Å²) in [5, 5.41) is 6.69. The number of hydrogen-bond acceptors (Lipinski definition) is 8. The highest BCUT2D eigenvalue weighted by Crippen LogP contribution is 2.30. The summed E-state index contributed by atoms with van der Waals surface area (Å²) in [5.74, 6) is 1.63. The zero-order chi connectivity index (χ0) is 26.1. The molecule has 0 radical (unpaired) electrons. The Morgan fingerprint density at radius 3 is 2.45 bits per heavy atom. The van der Waals surface area contributed by atoms with Crippen LogP contribution in [0.3, 0.4) is 0 Å². The Balaban J connectivity index is 1.21. The van der Waals surface area contributed by atoms with Crippen LogP contribution < -0.4 is 15.5 Å². The number of aromatic nitrogens is 5. The predicted octanol–water partition coefficient (Wildman–Crippen LogP) is 3.97. The molecule has 2 aliphatic heterocycles. The lowest BCUT2D eigenvalue weighted by Crippen LogP contribution is -2.40. The first-order chi connectivity index (χ1) is 18.4. The van der Waals surface area contributed by atoms with Crippen molar-refractivity contribution in [3.05, 3.63) is 66.2 Å². The first kappa shape index (κ1) is 24.6. The van der Waals surface area contributed by atoms with Crippen molar-refractivity contribution >= 4 is 22.7 Å². The summed E-state index contributed by atoms with van der Waals surface area (Å²) in [6.45, 7) is 3.36. The summed E-state index contributed by atoms with van der Waals surface area (Å²) < 4.78 is 46.4. The van der Waals surface area contributed by atoms with Gasteiger partial charge in [-0.1, -0.05) is 12.1 Å². The van der Waals surface area contributed by atoms with Crippen molar-refractivity contribution in [2.45, 2.75) is 31.2 Å². The van der Waals surface area contributed by atoms with Gasteiger partial charge in [0.25, 0.3) is 0 Å². The van der Waals surface area contributed by atoms with Crippen LogP contribution in [0.4, 0.5) is 24.8 Å². The standard InChI is InChI=1S/C26H27F3N8O/c27-26(28,29)17-5-7-18(8-6-17)32-19-9-12-36(13-10-19)24-33-23(22-15-30-11-14-38-22)34-25(35-24)37-16-31-20-3-1-2-4-21(20)37/h1-8,16,19,22,30,32H,9-15H2. The Kier molecular flexibility index (Phi) is 6.58. The van der Waals surface area contributed by atoms with Crippen LogP contribution in [-0.2, 0) is 10.9 Å². The van der Waals surface area contributed by atoms with Crippen molar-refractivity contribution in [3.63, 3.8) is 0 Å². The van der Waals surface area contributed by atoms with E-state index in [-0.39, 0.29) is 12.1 Å². The van der Waals surface area contributed by atoms with Gasteiger partial charge >= 0.3 is 6.18 Å². The summed E-state index contributed by atoms with van der Waals surface area (Å²) in [4.78, 5) is 21.0. The van der Waals surface area contributed by atoms with Gasteiger partial charge in [-0.2, -0.15) is 28.1 Å². The molecular weight excluding hydrogens is 497 g/mol. The fourth-order valence-electron chi connectivity index (χ4n) is 4.83. The highest BCUT2D eigenvalue weighted by Gasteiger charge is 2.30. The number of piperidine rings is 1. The van der Waals surface area contributed by atoms with Crippen molar-refractivity contribution in [1.29, 1.82) is 0 Å². The summed E-state index contributed by atoms with van der Waals surface area (Å²) in [6.07, 6.45) is -1.33. The highest BCUT2D eigenvalue weighted by atomic mass is 19.4. The molecule has 2 aromatic heterocycles. The van der Waals surface area contributed by atoms with Crippen LogP contribution in [0.2, 0.25) is 0 Å². The van der Waals surface area contributed by atoms with Gasteiger partial charge in [-0.3, -0.25) is 4.57 Å². The van der Waals surface area contributed by atoms with Gasteiger partial charge in [0.2, 0.25) is 11.9 Å². The molecule has 2 fully saturated rings. The van der Waals surface area contributed by atoms with Crippen LogP contribution in [0.15, 0.2) is 54.9 Å². The SMILES string of the molecule is FC(F)(F)c1ccc(NC2CCN(c3nc(C4CNCCO4)nc(-n4cnc5ccccc54)n3)CC2)cc1. The lowest BCUT2D eigenvalue weighted by Gasteiger charge is -2.33. The molecule has 2 aliphatic rings. The fourth-order valence-corrected chi connectivity index (χ4v) is 4.83. The van der Waals surface area contributed by atoms with E-state index in [1.807, 2.05) is 28.8 Å². The number of fused-ring (bicyclic) bond motifs is 1. The molecule has 2 saturated heterocycles. The Bertz CT molecular complexity index is 1390. The molecule has 38 heavy (non-hydrogen) atoms. The quantitative estimate of drug-likeness (QED) is 0.405. The lowest BCUT2D eigenvalue weighted by molar-refractivity contribution is -0.137. The van der Waals surface area contributed by atoms with Gasteiger partial charge in [0.1, 0.15) is 12.4 Å². The van der Waals surface area contributed by atoms with Gasteiger partial charge in [0.15, 0.2) is 5.82 Å². The molecule has 2 aromatic carbocycles. The van der Waals surface area contributed by atoms with Crippen molar-refractivity contribution in [3.8, 4) is 5.95 Å². The third kappa shape index (κ3) is 5.14. The molecular formula is C26H27F3N8O. The van der Waals surface area contributed by atoms with Gasteiger partial charge in [-0.25, -0.2) is 4.98 Å². The molecule has 2 N–H and O–H groups in total. The molecule has 1 unspecified atom stereocenters. The first-order valence-corrected chi connectivity index (χ1v) is 12.6. The number of alkyl halides is 3. The minimum Gasteiger partial charge on any atom is -0.382 e. The average Bonchev–Trinajstić information content (AvgIpc) is 3.38. The Labute approximate surface area is 217 Å². The van der Waals surface area contributed by atoms with Gasteiger partial charge in [-0.05, 0) is 49.2 Å². The van der Waals surface area contributed by atoms with E-state index in [1.54, 1.807) is 6.33 Å². The van der Waals surface area contributed by atoms with Crippen molar-refractivity contribution < 1.29 is 17.9 Å². The van der Waals surface area contributed by atoms with Crippen molar-refractivity contribution in [1.82, 2.24) is 29.8 Å². The number of nitrogens with zero attached hydrogens (tertiary/aromatic N) is 6. The Morgan fingerprint density at radius 2 is 1.71 bits per heavy atom. The summed E-state index contributed by atoms with van der Waals surface area (Å²) in [6, 6.07) is 13.1. The fraction of sp³-hybridized carbons (Fsp3) is 0.385. The van der Waals surface area contributed by atoms with Crippen molar-refractivity contribution in [2.24, 2.45) is 0 Å². The smallest absolute Gasteiger partial charge is 0.382 e. The van der Waals surface area contributed by atoms with E-state index in [4.69, 9.17) is 19.7 Å². The minimum atomic E-state index is -4.34. The first-order valence-electron chi connectivity index (χ1n) is 12.6. The van der Waals surface area contributed by atoms with E-state index < -0.39 is 11.7 Å². The minimum absolute atomic E-state index is 0.132. The molecule has 0 aliphatic carbocycles. The van der Waals surface area contributed by atoms with Gasteiger partial charge < -0.3 is 20.3 Å². The van der Waals surface area contributed by atoms with Crippen LogP contribution in [0.25, 0.3) is 17.0 Å². The zero-order valence-electron chi connectivity index (χ0n) is 20.5. The average molecular weight is 525 g/mol. The van der Waals surface area contributed by atoms with Gasteiger partial charge in [-0.15, -0.1) is 0 Å². The number of imidazole rings is 1. The molecule has 9 nitrogen and oxygen atoms in total. The molecule has 0 spiro atoms. The number of benzene rings is 2. The second-order valence-corrected chi connectivity index (χ2v) is 9.44. The van der Waals surface area contributed by atoms with Crippen LogP contribution in [0, 0.1) is 0 Å². The summed E-state index contributed by atoms with van der Waals surface area (Å²) in [7, 11) is 0. The number of para-hydroxylation sites is 2. The largest absolute Gasteiger partial charge is 0.416 e. The maximum atomic E-state index is 12.9. The second-order valence-electron chi connectivity index (χ2n) is 9.44. The van der Waals surface area contributed by atoms with E-state index in [2.05, 4.69) is 20.5 Å². The number of anilines is 2. The van der Waals surface area contributed by atoms with Crippen LogP contribution >= 0.6 is 0 Å². The molecule has 0 amide bonds. The summed E-state index contributed by atoms with van der Waals surface area (Å²) >= 11 is 0. The van der Waals surface area contributed by atoms with Crippen LogP contribution in [0.1, 0.15) is 30.3 Å². The van der Waals surface area contributed by atoms with Crippen molar-refractivity contribution in [2.75, 3.05) is 43.0 Å². The molecule has 0 bridgehead atoms. The molecule has 0 saturated carbocycles. The monoisotopic (exact) mass is 524 g/mol. The molecule has 198 valence electrons. The number of morpholine rings is 1. The molecule has 4 heterocycles. The third-order valence-corrected chi connectivity index (χ3v) is 6.87. The molecule has 1 atom stereocenters. The molecule has 12 heteroatoms. The third-order valence-electron chi connectivity index (χ3n) is 6.87. The number of ether oxygens (including phenoxy) is 1. The maximum absolute atomic E-state index is 12.9. The number of hydrogen-bond donors (Lipinski definition) is 2. The topological polar surface area (TPSA) is 93.0 Å². The van der Waals surface area contributed by atoms with E-state index >= 15 is 0 Å². The van der Waals surface area contributed by atoms with E-state index in [0.29, 0.717) is 49.6 Å². The van der Waals surface area contributed by atoms with Crippen LogP contribution in [0.5, 0.6) is 0 Å². The van der Waals surface area contributed by atoms with E-state index in [1.165, 1.54) is 12.1 Å². The number of nitrogens with one attached hydrogen (secondary N) is 2. The van der Waals surface area contributed by atoms with E-state index in [9.17, 15) is 13.2 Å². The predicted molar refractivity (Wildman–Crippen MR) is 136 cm³/mol. The number of halogens is 3. The second kappa shape index (κ2) is 10.2. The van der Waals surface area contributed by atoms with E-state index in [0.717, 1.165) is 42.6 Å². The maximum Gasteiger partial charge on any atom is 0.416 e. The Morgan fingerprint density at radius 1 is 0.947 bits per heavy atom. The highest BCUT2D eigenvalue weighted by molar-refractivity contribution is 5.76. The normalized spacial score (nSPS) is 19.1. The zero-order valence-corrected chi connectivity index (χ0v) is 20.5. The lowest BCUT2D eigenvalue weighted by atomic mass is 10.0. The Hall–Kier alpha value is -3.77.